The van der Waals surface area contributed by atoms with Gasteiger partial charge in [0, 0.05) is 18.1 Å². The smallest absolute Gasteiger partial charge is 0.117 e. The molecule has 2 rings (SSSR count). The Kier molecular flexibility index (Phi) is 4.84. The fourth-order valence-electron chi connectivity index (χ4n) is 2.38. The highest BCUT2D eigenvalue weighted by molar-refractivity contribution is 5.00. The molecular formula is C15H26N2O. The van der Waals surface area contributed by atoms with Crippen molar-refractivity contribution in [3.63, 3.8) is 0 Å². The molecule has 1 fully saturated rings. The molecule has 1 saturated carbocycles. The van der Waals surface area contributed by atoms with Crippen molar-refractivity contribution in [2.24, 2.45) is 0 Å². The van der Waals surface area contributed by atoms with Crippen molar-refractivity contribution in [3.8, 4) is 0 Å². The number of nitrogens with zero attached hydrogens (tertiary/aromatic N) is 1. The summed E-state index contributed by atoms with van der Waals surface area (Å²) >= 11 is 0. The van der Waals surface area contributed by atoms with Crippen LogP contribution in [0.15, 0.2) is 22.8 Å². The Hall–Kier alpha value is -0.800. The number of nitrogens with one attached hydrogen (secondary N) is 1. The van der Waals surface area contributed by atoms with Gasteiger partial charge in [0.2, 0.25) is 0 Å². The lowest BCUT2D eigenvalue weighted by molar-refractivity contribution is 0.166. The zero-order valence-electron chi connectivity index (χ0n) is 11.9. The zero-order valence-corrected chi connectivity index (χ0v) is 11.9. The van der Waals surface area contributed by atoms with Gasteiger partial charge in [0.05, 0.1) is 12.8 Å². The minimum absolute atomic E-state index is 0.580. The third kappa shape index (κ3) is 4.14. The topological polar surface area (TPSA) is 28.4 Å². The molecule has 1 aliphatic rings. The SMILES string of the molecule is CC(C)NCCC(C)N(Cc1ccco1)C1CC1. The summed E-state index contributed by atoms with van der Waals surface area (Å²) < 4.78 is 5.48. The van der Waals surface area contributed by atoms with Crippen LogP contribution in [0.1, 0.15) is 45.8 Å². The normalized spacial score (nSPS) is 17.6. The maximum Gasteiger partial charge on any atom is 0.117 e. The number of hydrogen-bond donors (Lipinski definition) is 1. The van der Waals surface area contributed by atoms with E-state index in [1.807, 2.05) is 6.07 Å². The standard InChI is InChI=1S/C15H26N2O/c1-12(2)16-9-8-13(3)17(14-6-7-14)11-15-5-4-10-18-15/h4-5,10,12-14,16H,6-9,11H2,1-3H3. The highest BCUT2D eigenvalue weighted by atomic mass is 16.3. The number of hydrogen-bond acceptors (Lipinski definition) is 3. The van der Waals surface area contributed by atoms with Crippen LogP contribution < -0.4 is 5.32 Å². The van der Waals surface area contributed by atoms with E-state index >= 15 is 0 Å². The summed E-state index contributed by atoms with van der Waals surface area (Å²) in [5, 5.41) is 3.50. The van der Waals surface area contributed by atoms with Crippen molar-refractivity contribution in [2.75, 3.05) is 6.54 Å². The quantitative estimate of drug-likeness (QED) is 0.769. The second-order valence-corrected chi connectivity index (χ2v) is 5.73. The highest BCUT2D eigenvalue weighted by Gasteiger charge is 2.32. The first-order chi connectivity index (χ1) is 8.66. The summed E-state index contributed by atoms with van der Waals surface area (Å²) in [5.41, 5.74) is 0. The summed E-state index contributed by atoms with van der Waals surface area (Å²) in [6, 6.07) is 6.04. The van der Waals surface area contributed by atoms with E-state index in [-0.39, 0.29) is 0 Å². The van der Waals surface area contributed by atoms with Crippen molar-refractivity contribution < 1.29 is 4.42 Å². The molecule has 1 aliphatic carbocycles. The Morgan fingerprint density at radius 1 is 1.39 bits per heavy atom. The third-order valence-corrected chi connectivity index (χ3v) is 3.62. The summed E-state index contributed by atoms with van der Waals surface area (Å²) in [4.78, 5) is 2.60. The summed E-state index contributed by atoms with van der Waals surface area (Å²) in [6.45, 7) is 8.79. The molecule has 3 heteroatoms. The molecule has 1 heterocycles. The zero-order chi connectivity index (χ0) is 13.0. The van der Waals surface area contributed by atoms with E-state index in [0.717, 1.165) is 24.9 Å². The lowest BCUT2D eigenvalue weighted by atomic mass is 10.2. The Balaban J connectivity index is 1.81. The largest absolute Gasteiger partial charge is 0.468 e. The molecule has 0 aliphatic heterocycles. The lowest BCUT2D eigenvalue weighted by Crippen LogP contribution is -2.37. The van der Waals surface area contributed by atoms with E-state index in [9.17, 15) is 0 Å². The molecule has 102 valence electrons. The van der Waals surface area contributed by atoms with Crippen LogP contribution in [-0.2, 0) is 6.54 Å². The first-order valence-corrected chi connectivity index (χ1v) is 7.18. The van der Waals surface area contributed by atoms with E-state index in [1.54, 1.807) is 6.26 Å². The number of furan rings is 1. The molecule has 18 heavy (non-hydrogen) atoms. The van der Waals surface area contributed by atoms with Crippen molar-refractivity contribution in [1.29, 1.82) is 0 Å². The molecular weight excluding hydrogens is 224 g/mol. The van der Waals surface area contributed by atoms with Crippen molar-refractivity contribution >= 4 is 0 Å². The fraction of sp³-hybridized carbons (Fsp3) is 0.733. The van der Waals surface area contributed by atoms with Gasteiger partial charge >= 0.3 is 0 Å². The van der Waals surface area contributed by atoms with Gasteiger partial charge in [0.15, 0.2) is 0 Å². The highest BCUT2D eigenvalue weighted by Crippen LogP contribution is 2.30. The monoisotopic (exact) mass is 250 g/mol. The minimum atomic E-state index is 0.580. The Bertz CT molecular complexity index is 330. The van der Waals surface area contributed by atoms with Crippen LogP contribution in [0.25, 0.3) is 0 Å². The van der Waals surface area contributed by atoms with Crippen LogP contribution in [-0.4, -0.2) is 29.6 Å². The second-order valence-electron chi connectivity index (χ2n) is 5.73. The van der Waals surface area contributed by atoms with Crippen LogP contribution >= 0.6 is 0 Å². The van der Waals surface area contributed by atoms with Gasteiger partial charge in [-0.3, -0.25) is 4.90 Å². The van der Waals surface area contributed by atoms with Gasteiger partial charge in [-0.2, -0.15) is 0 Å². The fourth-order valence-corrected chi connectivity index (χ4v) is 2.38. The lowest BCUT2D eigenvalue weighted by Gasteiger charge is -2.28. The summed E-state index contributed by atoms with van der Waals surface area (Å²) in [5.74, 6) is 1.09. The Morgan fingerprint density at radius 3 is 2.72 bits per heavy atom. The van der Waals surface area contributed by atoms with Crippen LogP contribution in [0, 0.1) is 0 Å². The molecule has 0 aromatic carbocycles. The molecule has 0 spiro atoms. The third-order valence-electron chi connectivity index (χ3n) is 3.62. The molecule has 0 radical (unpaired) electrons. The van der Waals surface area contributed by atoms with Crippen molar-refractivity contribution in [1.82, 2.24) is 10.2 Å². The van der Waals surface area contributed by atoms with Crippen LogP contribution in [0.3, 0.4) is 0 Å². The average molecular weight is 250 g/mol. The predicted octanol–water partition coefficient (Wildman–Crippen LogP) is 3.02. The molecule has 3 nitrogen and oxygen atoms in total. The van der Waals surface area contributed by atoms with Crippen LogP contribution in [0.4, 0.5) is 0 Å². The molecule has 0 bridgehead atoms. The molecule has 0 amide bonds. The molecule has 1 aromatic heterocycles. The van der Waals surface area contributed by atoms with Gasteiger partial charge in [-0.05, 0) is 44.9 Å². The molecule has 1 aromatic rings. The minimum Gasteiger partial charge on any atom is -0.468 e. The molecule has 0 saturated heterocycles. The maximum atomic E-state index is 5.48. The van der Waals surface area contributed by atoms with Crippen LogP contribution in [0.5, 0.6) is 0 Å². The van der Waals surface area contributed by atoms with Crippen molar-refractivity contribution in [3.05, 3.63) is 24.2 Å². The molecule has 1 atom stereocenters. The Labute approximate surface area is 111 Å². The van der Waals surface area contributed by atoms with E-state index < -0.39 is 0 Å². The van der Waals surface area contributed by atoms with Gasteiger partial charge < -0.3 is 9.73 Å². The van der Waals surface area contributed by atoms with Gasteiger partial charge in [0.25, 0.3) is 0 Å². The van der Waals surface area contributed by atoms with Crippen molar-refractivity contribution in [2.45, 2.75) is 64.7 Å². The first kappa shape index (κ1) is 13.6. The van der Waals surface area contributed by atoms with E-state index in [1.165, 1.54) is 19.3 Å². The van der Waals surface area contributed by atoms with Crippen LogP contribution in [0.2, 0.25) is 0 Å². The van der Waals surface area contributed by atoms with Gasteiger partial charge in [-0.25, -0.2) is 0 Å². The maximum absolute atomic E-state index is 5.48. The second kappa shape index (κ2) is 6.39. The summed E-state index contributed by atoms with van der Waals surface area (Å²) in [6.07, 6.45) is 5.67. The van der Waals surface area contributed by atoms with Gasteiger partial charge in [0.1, 0.15) is 5.76 Å². The number of rotatable bonds is 8. The van der Waals surface area contributed by atoms with E-state index in [4.69, 9.17) is 4.42 Å². The molecule has 1 unspecified atom stereocenters. The predicted molar refractivity (Wildman–Crippen MR) is 74.5 cm³/mol. The molecule has 1 N–H and O–H groups in total. The summed E-state index contributed by atoms with van der Waals surface area (Å²) in [7, 11) is 0. The van der Waals surface area contributed by atoms with E-state index in [2.05, 4.69) is 37.1 Å². The van der Waals surface area contributed by atoms with Gasteiger partial charge in [-0.15, -0.1) is 0 Å². The van der Waals surface area contributed by atoms with Gasteiger partial charge in [-0.1, -0.05) is 13.8 Å². The van der Waals surface area contributed by atoms with E-state index in [0.29, 0.717) is 12.1 Å². The first-order valence-electron chi connectivity index (χ1n) is 7.18. The Morgan fingerprint density at radius 2 is 2.17 bits per heavy atom. The average Bonchev–Trinajstić information content (AvgIpc) is 3.02.